The molecule has 0 saturated heterocycles. The van der Waals surface area contributed by atoms with Crippen LogP contribution in [0, 0.1) is 11.2 Å². The minimum atomic E-state index is -4.98. The quantitative estimate of drug-likeness (QED) is 0.405. The van der Waals surface area contributed by atoms with Crippen LogP contribution in [0.25, 0.3) is 0 Å². The maximum Gasteiger partial charge on any atom is 0.420 e. The lowest BCUT2D eigenvalue weighted by Gasteiger charge is -2.30. The summed E-state index contributed by atoms with van der Waals surface area (Å²) in [6, 6.07) is 5.11. The smallest absolute Gasteiger partial charge is 0.420 e. The lowest BCUT2D eigenvalue weighted by molar-refractivity contribution is -0.148. The molecule has 0 spiro atoms. The second-order valence-corrected chi connectivity index (χ2v) is 11.0. The average molecular weight is 571 g/mol. The van der Waals surface area contributed by atoms with Crippen LogP contribution in [0.4, 0.5) is 42.1 Å². The maximum atomic E-state index is 14.1. The topological polar surface area (TPSA) is 70.1 Å². The van der Waals surface area contributed by atoms with Gasteiger partial charge in [0, 0.05) is 37.8 Å². The molecule has 14 heteroatoms. The van der Waals surface area contributed by atoms with Crippen LogP contribution in [0.5, 0.6) is 5.75 Å². The van der Waals surface area contributed by atoms with E-state index in [-0.39, 0.29) is 22.8 Å². The van der Waals surface area contributed by atoms with Gasteiger partial charge in [-0.15, -0.1) is 0 Å². The van der Waals surface area contributed by atoms with Crippen molar-refractivity contribution >= 4 is 28.3 Å². The number of carboxylic acids is 1. The van der Waals surface area contributed by atoms with Crippen molar-refractivity contribution in [2.24, 2.45) is 5.41 Å². The fraction of sp³-hybridized carbons (Fsp3) is 0.458. The number of nitrogens with zero attached hydrogens (tertiary/aromatic N) is 2. The van der Waals surface area contributed by atoms with Crippen molar-refractivity contribution < 1.29 is 49.6 Å². The number of fused-ring (bicyclic) bond motifs is 1. The Morgan fingerprint density at radius 3 is 2.24 bits per heavy atom. The molecule has 1 aliphatic rings. The van der Waals surface area contributed by atoms with Crippen LogP contribution < -0.4 is 9.64 Å². The van der Waals surface area contributed by atoms with Gasteiger partial charge < -0.3 is 14.7 Å². The summed E-state index contributed by atoms with van der Waals surface area (Å²) in [6.07, 6.45) is -11.2. The number of aliphatic carboxylic acids is 1. The van der Waals surface area contributed by atoms with E-state index in [2.05, 4.69) is 0 Å². The largest absolute Gasteiger partial charge is 0.492 e. The number of anilines is 2. The van der Waals surface area contributed by atoms with Gasteiger partial charge >= 0.3 is 18.3 Å². The van der Waals surface area contributed by atoms with Crippen LogP contribution >= 0.6 is 0 Å². The molecule has 2 aromatic rings. The van der Waals surface area contributed by atoms with Crippen molar-refractivity contribution in [3.63, 3.8) is 0 Å². The summed E-state index contributed by atoms with van der Waals surface area (Å²) in [6.45, 7) is 1.57. The van der Waals surface area contributed by atoms with E-state index in [9.17, 15) is 44.8 Å². The van der Waals surface area contributed by atoms with Crippen LogP contribution in [0.3, 0.4) is 0 Å². The number of alkyl halides is 6. The first-order valence-corrected chi connectivity index (χ1v) is 12.4. The van der Waals surface area contributed by atoms with Crippen molar-refractivity contribution in [2.45, 2.75) is 50.0 Å². The molecule has 0 saturated carbocycles. The first-order chi connectivity index (χ1) is 17.4. The van der Waals surface area contributed by atoms with Crippen molar-refractivity contribution in [2.75, 3.05) is 25.1 Å². The van der Waals surface area contributed by atoms with E-state index in [0.29, 0.717) is 6.07 Å². The molecule has 1 N–H and O–H groups in total. The fourth-order valence-electron chi connectivity index (χ4n) is 3.74. The maximum absolute atomic E-state index is 14.1. The van der Waals surface area contributed by atoms with Crippen LogP contribution in [-0.2, 0) is 22.0 Å². The van der Waals surface area contributed by atoms with E-state index in [1.807, 2.05) is 0 Å². The number of rotatable bonds is 7. The van der Waals surface area contributed by atoms with Gasteiger partial charge in [-0.3, -0.25) is 4.79 Å². The van der Waals surface area contributed by atoms with E-state index >= 15 is 0 Å². The zero-order chi connectivity index (χ0) is 28.6. The number of hydrogen-bond acceptors (Lipinski definition) is 4. The third kappa shape index (κ3) is 6.76. The Morgan fingerprint density at radius 1 is 1.11 bits per heavy atom. The molecule has 38 heavy (non-hydrogen) atoms. The lowest BCUT2D eigenvalue weighted by atomic mass is 9.95. The fourth-order valence-corrected chi connectivity index (χ4v) is 5.05. The highest BCUT2D eigenvalue weighted by Crippen LogP contribution is 2.45. The van der Waals surface area contributed by atoms with Gasteiger partial charge in [0.25, 0.3) is 0 Å². The summed E-state index contributed by atoms with van der Waals surface area (Å²) >= 11 is 0. The van der Waals surface area contributed by atoms with E-state index in [4.69, 9.17) is 4.74 Å². The molecule has 2 aromatic carbocycles. The van der Waals surface area contributed by atoms with Crippen molar-refractivity contribution in [3.8, 4) is 5.75 Å². The highest BCUT2D eigenvalue weighted by molar-refractivity contribution is 7.82. The number of hydrogen-bond donors (Lipinski definition) is 1. The highest BCUT2D eigenvalue weighted by Gasteiger charge is 2.41. The second-order valence-electron chi connectivity index (χ2n) is 9.48. The molecular formula is C24H25F7N2O4S. The molecule has 2 atom stereocenters. The Balaban J connectivity index is 2.19. The number of carbonyl (C=O) groups is 1. The van der Waals surface area contributed by atoms with E-state index < -0.39 is 77.3 Å². The third-order valence-corrected chi connectivity index (χ3v) is 7.61. The number of ether oxygens (including phenoxy) is 1. The van der Waals surface area contributed by atoms with Gasteiger partial charge in [-0.2, -0.15) is 26.3 Å². The number of halogens is 7. The van der Waals surface area contributed by atoms with Crippen LogP contribution in [0.1, 0.15) is 32.3 Å². The summed E-state index contributed by atoms with van der Waals surface area (Å²) in [7, 11) is -0.934. The third-order valence-electron chi connectivity index (χ3n) is 6.08. The van der Waals surface area contributed by atoms with Gasteiger partial charge in [-0.25, -0.2) is 12.9 Å². The molecule has 0 fully saturated rings. The molecule has 0 aromatic heterocycles. The van der Waals surface area contributed by atoms with E-state index in [1.165, 1.54) is 37.9 Å². The minimum Gasteiger partial charge on any atom is -0.492 e. The summed E-state index contributed by atoms with van der Waals surface area (Å²) in [4.78, 5) is 12.5. The highest BCUT2D eigenvalue weighted by atomic mass is 32.2. The van der Waals surface area contributed by atoms with Gasteiger partial charge in [0.1, 0.15) is 29.2 Å². The van der Waals surface area contributed by atoms with Gasteiger partial charge in [0.2, 0.25) is 0 Å². The van der Waals surface area contributed by atoms with E-state index in [0.717, 1.165) is 22.5 Å². The van der Waals surface area contributed by atoms with Gasteiger partial charge in [0.05, 0.1) is 21.6 Å². The van der Waals surface area contributed by atoms with E-state index in [1.54, 1.807) is 0 Å². The average Bonchev–Trinajstić information content (AvgIpc) is 2.90. The first-order valence-electron chi connectivity index (χ1n) is 11.3. The normalized spacial score (nSPS) is 19.2. The molecule has 0 aliphatic carbocycles. The zero-order valence-electron chi connectivity index (χ0n) is 20.5. The van der Waals surface area contributed by atoms with Crippen molar-refractivity contribution in [3.05, 3.63) is 47.8 Å². The Labute approximate surface area is 216 Å². The summed E-state index contributed by atoms with van der Waals surface area (Å²) in [5, 5.41) is 9.30. The molecule has 210 valence electrons. The predicted octanol–water partition coefficient (Wildman–Crippen LogP) is 6.15. The molecule has 0 amide bonds. The predicted molar refractivity (Wildman–Crippen MR) is 125 cm³/mol. The van der Waals surface area contributed by atoms with Gasteiger partial charge in [-0.05, 0) is 50.6 Å². The van der Waals surface area contributed by atoms with Crippen molar-refractivity contribution in [1.82, 2.24) is 4.31 Å². The Hall–Kier alpha value is -2.87. The van der Waals surface area contributed by atoms with Crippen LogP contribution in [0.15, 0.2) is 41.3 Å². The number of benzene rings is 2. The molecule has 0 bridgehead atoms. The summed E-state index contributed by atoms with van der Waals surface area (Å²) in [5.74, 6) is -2.74. The number of carboxylic acid groups (broad SMARTS) is 1. The lowest BCUT2D eigenvalue weighted by Crippen LogP contribution is -2.39. The molecule has 1 aliphatic heterocycles. The number of likely N-dealkylation sites (N-methyl/N-ethyl adjacent to an activating group) is 1. The van der Waals surface area contributed by atoms with Gasteiger partial charge in [0.15, 0.2) is 0 Å². The summed E-state index contributed by atoms with van der Waals surface area (Å²) in [5.41, 5.74) is -2.90. The second kappa shape index (κ2) is 10.7. The van der Waals surface area contributed by atoms with Crippen LogP contribution in [0.2, 0.25) is 0 Å². The molecule has 2 unspecified atom stereocenters. The minimum absolute atomic E-state index is 0.172. The molecule has 3 rings (SSSR count). The van der Waals surface area contributed by atoms with Gasteiger partial charge in [-0.1, -0.05) is 0 Å². The monoisotopic (exact) mass is 570 g/mol. The molecule has 1 heterocycles. The summed E-state index contributed by atoms with van der Waals surface area (Å²) < 4.78 is 115. The molecular weight excluding hydrogens is 545 g/mol. The Morgan fingerprint density at radius 2 is 1.71 bits per heavy atom. The zero-order valence-corrected chi connectivity index (χ0v) is 21.3. The Kier molecular flexibility index (Phi) is 8.37. The van der Waals surface area contributed by atoms with Crippen LogP contribution in [-0.4, -0.2) is 52.0 Å². The molecule has 0 radical (unpaired) electrons. The SMILES string of the molecule is CN1C(CCC(F)(F)F)CN(c2ccc(F)cc2)c2cc(C(F)(F)F)c(OCC(C)(C)C(=O)O)cc2S1=O. The Bertz CT molecular complexity index is 1200. The van der Waals surface area contributed by atoms with Crippen molar-refractivity contribution in [1.29, 1.82) is 0 Å². The molecule has 6 nitrogen and oxygen atoms in total. The first kappa shape index (κ1) is 29.7. The standard InChI is InChI=1S/C24H25F7N2O4S/c1-22(2,21(34)35)13-37-19-11-20-18(10-17(19)24(29,30)31)33(15-6-4-14(25)5-7-15)12-16(32(3)38(20)36)8-9-23(26,27)28/h4-7,10-11,16H,8-9,12-13H2,1-3H3,(H,34,35).